The van der Waals surface area contributed by atoms with Crippen LogP contribution in [-0.4, -0.2) is 34.5 Å². The summed E-state index contributed by atoms with van der Waals surface area (Å²) in [6, 6.07) is 36.0. The van der Waals surface area contributed by atoms with Crippen molar-refractivity contribution in [1.29, 1.82) is 0 Å². The molecule has 0 fully saturated rings. The molecule has 4 N–H and O–H groups in total. The molecule has 0 aliphatic heterocycles. The first kappa shape index (κ1) is 33.4. The molecule has 3 amide bonds. The Labute approximate surface area is 289 Å². The maximum atomic E-state index is 14.3. The van der Waals surface area contributed by atoms with Crippen molar-refractivity contribution in [1.82, 2.24) is 15.6 Å². The summed E-state index contributed by atoms with van der Waals surface area (Å²) >= 11 is 1.31. The third kappa shape index (κ3) is 8.31. The van der Waals surface area contributed by atoms with Crippen molar-refractivity contribution in [2.75, 3.05) is 0 Å². The highest BCUT2D eigenvalue weighted by Crippen LogP contribution is 2.34. The minimum atomic E-state index is -0.973. The Morgan fingerprint density at radius 2 is 1.29 bits per heavy atom. The molecule has 49 heavy (non-hydrogen) atoms. The van der Waals surface area contributed by atoms with E-state index in [9.17, 15) is 14.4 Å². The Balaban J connectivity index is 1.36. The van der Waals surface area contributed by atoms with Crippen LogP contribution < -0.4 is 16.4 Å². The lowest BCUT2D eigenvalue weighted by molar-refractivity contribution is -0.124. The Hall–Kier alpha value is -5.54. The van der Waals surface area contributed by atoms with Gasteiger partial charge >= 0.3 is 6.09 Å². The van der Waals surface area contributed by atoms with E-state index in [0.29, 0.717) is 16.3 Å². The molecular formula is C40H38N4O4S. The minimum Gasteiger partial charge on any atom is -0.444 e. The summed E-state index contributed by atoms with van der Waals surface area (Å²) in [4.78, 5) is 45.3. The van der Waals surface area contributed by atoms with E-state index in [0.717, 1.165) is 38.2 Å². The van der Waals surface area contributed by atoms with Crippen LogP contribution in [0.5, 0.6) is 0 Å². The fourth-order valence-corrected chi connectivity index (χ4v) is 6.90. The predicted molar refractivity (Wildman–Crippen MR) is 195 cm³/mol. The van der Waals surface area contributed by atoms with Crippen LogP contribution in [0, 0.1) is 0 Å². The number of ether oxygens (including phenoxy) is 1. The number of thiazole rings is 1. The molecule has 5 aromatic carbocycles. The van der Waals surface area contributed by atoms with Gasteiger partial charge < -0.3 is 21.1 Å². The molecule has 248 valence electrons. The molecule has 9 heteroatoms. The molecule has 8 nitrogen and oxygen atoms in total. The fraction of sp³-hybridized carbons (Fsp3) is 0.200. The number of benzene rings is 5. The molecule has 0 bridgehead atoms. The molecule has 0 saturated carbocycles. The normalized spacial score (nSPS) is 12.7. The zero-order chi connectivity index (χ0) is 34.5. The van der Waals surface area contributed by atoms with E-state index in [4.69, 9.17) is 15.5 Å². The molecule has 0 spiro atoms. The monoisotopic (exact) mass is 670 g/mol. The summed E-state index contributed by atoms with van der Waals surface area (Å²) in [7, 11) is 0. The van der Waals surface area contributed by atoms with E-state index in [-0.39, 0.29) is 12.1 Å². The lowest BCUT2D eigenvalue weighted by Gasteiger charge is -2.25. The van der Waals surface area contributed by atoms with Gasteiger partial charge in [0, 0.05) is 6.42 Å². The first-order valence-electron chi connectivity index (χ1n) is 16.1. The standard InChI is InChI=1S/C40H38N4O4S/c1-40(2,3)48-39(47)43-32(23-25-17-19-27-11-7-9-15-30(27)21-25)37(46)42-33(24-26-18-20-28-12-8-10-16-31(28)22-26)38-44-34(36(41)45)35(49-38)29-13-5-4-6-14-29/h4-22,32-33H,23-24H2,1-3H3,(H2,41,45)(H,42,46)(H,43,47). The number of nitrogens with one attached hydrogen (secondary N) is 2. The minimum absolute atomic E-state index is 0.142. The van der Waals surface area contributed by atoms with Crippen molar-refractivity contribution >= 4 is 50.8 Å². The van der Waals surface area contributed by atoms with Crippen LogP contribution in [-0.2, 0) is 22.4 Å². The number of aromatic nitrogens is 1. The first-order valence-corrected chi connectivity index (χ1v) is 17.0. The number of hydrogen-bond donors (Lipinski definition) is 3. The first-order chi connectivity index (χ1) is 23.5. The van der Waals surface area contributed by atoms with E-state index in [1.54, 1.807) is 20.8 Å². The van der Waals surface area contributed by atoms with Crippen LogP contribution >= 0.6 is 11.3 Å². The molecule has 2 unspecified atom stereocenters. The van der Waals surface area contributed by atoms with Crippen LogP contribution in [0.3, 0.4) is 0 Å². The number of carbonyl (C=O) groups is 3. The number of primary amides is 1. The molecular weight excluding hydrogens is 633 g/mol. The van der Waals surface area contributed by atoms with Crippen LogP contribution in [0.1, 0.15) is 53.4 Å². The van der Waals surface area contributed by atoms with Crippen molar-refractivity contribution in [2.24, 2.45) is 5.73 Å². The number of amides is 3. The number of rotatable bonds is 10. The number of nitrogens with zero attached hydrogens (tertiary/aromatic N) is 1. The number of carbonyl (C=O) groups excluding carboxylic acids is 3. The smallest absolute Gasteiger partial charge is 0.408 e. The van der Waals surface area contributed by atoms with Gasteiger partial charge in [-0.15, -0.1) is 11.3 Å². The van der Waals surface area contributed by atoms with E-state index in [1.807, 2.05) is 109 Å². The highest BCUT2D eigenvalue weighted by Gasteiger charge is 2.30. The summed E-state index contributed by atoms with van der Waals surface area (Å²) in [6.07, 6.45) is -0.0969. The SMILES string of the molecule is CC(C)(C)OC(=O)NC(Cc1ccc2ccccc2c1)C(=O)NC(Cc1ccc2ccccc2c1)c1nc(C(N)=O)c(-c2ccccc2)s1. The Bertz CT molecular complexity index is 2140. The van der Waals surface area contributed by atoms with Gasteiger partial charge in [-0.25, -0.2) is 9.78 Å². The average Bonchev–Trinajstić information content (AvgIpc) is 3.53. The second-order valence-electron chi connectivity index (χ2n) is 13.0. The lowest BCUT2D eigenvalue weighted by Crippen LogP contribution is -2.50. The molecule has 6 aromatic rings. The summed E-state index contributed by atoms with van der Waals surface area (Å²) in [5, 5.41) is 10.8. The van der Waals surface area contributed by atoms with Crippen molar-refractivity contribution in [3.63, 3.8) is 0 Å². The van der Waals surface area contributed by atoms with Crippen molar-refractivity contribution in [3.8, 4) is 10.4 Å². The number of fused-ring (bicyclic) bond motifs is 2. The molecule has 0 saturated heterocycles. The Kier molecular flexibility index (Phi) is 9.73. The zero-order valence-corrected chi connectivity index (χ0v) is 28.4. The molecule has 6 rings (SSSR count). The Morgan fingerprint density at radius 3 is 1.86 bits per heavy atom. The average molecular weight is 671 g/mol. The van der Waals surface area contributed by atoms with E-state index in [1.165, 1.54) is 11.3 Å². The predicted octanol–water partition coefficient (Wildman–Crippen LogP) is 7.75. The van der Waals surface area contributed by atoms with Gasteiger partial charge in [0.2, 0.25) is 5.91 Å². The van der Waals surface area contributed by atoms with Gasteiger partial charge in [0.1, 0.15) is 22.3 Å². The van der Waals surface area contributed by atoms with Gasteiger partial charge in [-0.05, 0) is 65.4 Å². The highest BCUT2D eigenvalue weighted by molar-refractivity contribution is 7.15. The van der Waals surface area contributed by atoms with Crippen molar-refractivity contribution in [3.05, 3.63) is 137 Å². The van der Waals surface area contributed by atoms with Gasteiger partial charge in [-0.1, -0.05) is 115 Å². The third-order valence-corrected chi connectivity index (χ3v) is 9.26. The maximum Gasteiger partial charge on any atom is 0.408 e. The topological polar surface area (TPSA) is 123 Å². The fourth-order valence-electron chi connectivity index (χ4n) is 5.77. The molecule has 0 radical (unpaired) electrons. The van der Waals surface area contributed by atoms with E-state index in [2.05, 4.69) is 16.7 Å². The summed E-state index contributed by atoms with van der Waals surface area (Å²) in [5.41, 5.74) is 7.84. The number of nitrogens with two attached hydrogens (primary N) is 1. The van der Waals surface area contributed by atoms with Crippen LogP contribution in [0.15, 0.2) is 115 Å². The quantitative estimate of drug-likeness (QED) is 0.138. The molecule has 0 aliphatic rings. The van der Waals surface area contributed by atoms with Crippen molar-refractivity contribution in [2.45, 2.75) is 51.3 Å². The van der Waals surface area contributed by atoms with Crippen LogP contribution in [0.2, 0.25) is 0 Å². The van der Waals surface area contributed by atoms with Gasteiger partial charge in [0.15, 0.2) is 0 Å². The molecule has 1 aromatic heterocycles. The highest BCUT2D eigenvalue weighted by atomic mass is 32.1. The molecule has 0 aliphatic carbocycles. The summed E-state index contributed by atoms with van der Waals surface area (Å²) < 4.78 is 5.56. The molecule has 1 heterocycles. The van der Waals surface area contributed by atoms with Gasteiger partial charge in [-0.3, -0.25) is 9.59 Å². The number of alkyl carbamates (subject to hydrolysis) is 1. The summed E-state index contributed by atoms with van der Waals surface area (Å²) in [5.74, 6) is -1.07. The van der Waals surface area contributed by atoms with Crippen LogP contribution in [0.4, 0.5) is 4.79 Å². The third-order valence-electron chi connectivity index (χ3n) is 8.04. The van der Waals surface area contributed by atoms with Crippen molar-refractivity contribution < 1.29 is 19.1 Å². The van der Waals surface area contributed by atoms with Gasteiger partial charge in [0.05, 0.1) is 10.9 Å². The molecule has 2 atom stereocenters. The van der Waals surface area contributed by atoms with E-state index >= 15 is 0 Å². The Morgan fingerprint density at radius 1 is 0.735 bits per heavy atom. The lowest BCUT2D eigenvalue weighted by atomic mass is 9.99. The van der Waals surface area contributed by atoms with Crippen LogP contribution in [0.25, 0.3) is 32.0 Å². The largest absolute Gasteiger partial charge is 0.444 e. The second kappa shape index (κ2) is 14.3. The summed E-state index contributed by atoms with van der Waals surface area (Å²) in [6.45, 7) is 5.31. The second-order valence-corrected chi connectivity index (χ2v) is 14.0. The van der Waals surface area contributed by atoms with Gasteiger partial charge in [-0.2, -0.15) is 0 Å². The van der Waals surface area contributed by atoms with Gasteiger partial charge in [0.25, 0.3) is 5.91 Å². The zero-order valence-electron chi connectivity index (χ0n) is 27.6. The number of hydrogen-bond acceptors (Lipinski definition) is 6. The maximum absolute atomic E-state index is 14.3. The van der Waals surface area contributed by atoms with E-state index < -0.39 is 35.6 Å².